The number of aryl methyl sites for hydroxylation is 2. The van der Waals surface area contributed by atoms with E-state index in [1.165, 1.54) is 11.1 Å². The van der Waals surface area contributed by atoms with Crippen LogP contribution >= 0.6 is 0 Å². The summed E-state index contributed by atoms with van der Waals surface area (Å²) in [5, 5.41) is 0. The van der Waals surface area contributed by atoms with Crippen molar-refractivity contribution in [3.05, 3.63) is 53.2 Å². The van der Waals surface area contributed by atoms with Crippen LogP contribution in [0.15, 0.2) is 36.5 Å². The summed E-state index contributed by atoms with van der Waals surface area (Å²) in [5.41, 5.74) is 4.16. The summed E-state index contributed by atoms with van der Waals surface area (Å²) in [6.45, 7) is 4.16. The lowest BCUT2D eigenvalue weighted by Gasteiger charge is -2.20. The number of carbonyl (C=O) groups is 1. The molecule has 0 amide bonds. The first-order valence-corrected chi connectivity index (χ1v) is 5.84. The maximum atomic E-state index is 10.6. The number of carbonyl (C=O) groups excluding carboxylic acids is 1. The zero-order valence-electron chi connectivity index (χ0n) is 10.8. The van der Waals surface area contributed by atoms with Crippen molar-refractivity contribution in [2.24, 2.45) is 0 Å². The Kier molecular flexibility index (Phi) is 3.42. The minimum Gasteiger partial charge on any atom is -0.329 e. The first-order chi connectivity index (χ1) is 8.61. The summed E-state index contributed by atoms with van der Waals surface area (Å²) in [6, 6.07) is 9.93. The average molecular weight is 240 g/mol. The van der Waals surface area contributed by atoms with E-state index in [1.54, 1.807) is 12.3 Å². The van der Waals surface area contributed by atoms with Crippen molar-refractivity contribution in [2.75, 3.05) is 11.9 Å². The molecule has 0 atom stereocenters. The van der Waals surface area contributed by atoms with Crippen molar-refractivity contribution in [1.29, 1.82) is 0 Å². The number of hydrogen-bond acceptors (Lipinski definition) is 3. The van der Waals surface area contributed by atoms with Crippen molar-refractivity contribution >= 4 is 17.8 Å². The van der Waals surface area contributed by atoms with Gasteiger partial charge in [0.1, 0.15) is 5.82 Å². The first kappa shape index (κ1) is 12.3. The molecule has 92 valence electrons. The van der Waals surface area contributed by atoms with Crippen molar-refractivity contribution in [3.8, 4) is 0 Å². The maximum absolute atomic E-state index is 10.6. The Morgan fingerprint density at radius 2 is 1.94 bits per heavy atom. The highest BCUT2D eigenvalue weighted by Gasteiger charge is 2.07. The van der Waals surface area contributed by atoms with Crippen LogP contribution in [0.2, 0.25) is 0 Å². The summed E-state index contributed by atoms with van der Waals surface area (Å²) in [5.74, 6) is 0.826. The van der Waals surface area contributed by atoms with Crippen LogP contribution in [0.3, 0.4) is 0 Å². The standard InChI is InChI=1S/C15H16N2O/c1-11-4-6-14(12(2)8-11)17(3)15-7-5-13(10-18)9-16-15/h4-10H,1-3H3. The van der Waals surface area contributed by atoms with Crippen molar-refractivity contribution in [2.45, 2.75) is 13.8 Å². The molecule has 0 aliphatic rings. The maximum Gasteiger partial charge on any atom is 0.151 e. The number of benzene rings is 1. The minimum atomic E-state index is 0.591. The fourth-order valence-corrected chi connectivity index (χ4v) is 1.97. The van der Waals surface area contributed by atoms with Crippen LogP contribution in [-0.4, -0.2) is 18.3 Å². The van der Waals surface area contributed by atoms with Crippen LogP contribution in [0.5, 0.6) is 0 Å². The number of aldehydes is 1. The van der Waals surface area contributed by atoms with Crippen molar-refractivity contribution in [1.82, 2.24) is 4.98 Å². The summed E-state index contributed by atoms with van der Waals surface area (Å²) < 4.78 is 0. The monoisotopic (exact) mass is 240 g/mol. The van der Waals surface area contributed by atoms with Gasteiger partial charge >= 0.3 is 0 Å². The second-order valence-corrected chi connectivity index (χ2v) is 4.42. The lowest BCUT2D eigenvalue weighted by Crippen LogP contribution is -2.12. The average Bonchev–Trinajstić information content (AvgIpc) is 2.38. The van der Waals surface area contributed by atoms with E-state index in [0.717, 1.165) is 17.8 Å². The quantitative estimate of drug-likeness (QED) is 0.772. The molecule has 3 heteroatoms. The molecule has 1 aromatic carbocycles. The predicted molar refractivity (Wildman–Crippen MR) is 73.6 cm³/mol. The molecule has 2 rings (SSSR count). The lowest BCUT2D eigenvalue weighted by atomic mass is 10.1. The molecule has 1 aromatic heterocycles. The number of hydrogen-bond donors (Lipinski definition) is 0. The summed E-state index contributed by atoms with van der Waals surface area (Å²) in [6.07, 6.45) is 2.39. The van der Waals surface area contributed by atoms with E-state index in [1.807, 2.05) is 18.0 Å². The van der Waals surface area contributed by atoms with Crippen LogP contribution in [0.4, 0.5) is 11.5 Å². The van der Waals surface area contributed by atoms with Gasteiger partial charge < -0.3 is 4.90 Å². The molecule has 0 saturated carbocycles. The Hall–Kier alpha value is -2.16. The lowest BCUT2D eigenvalue weighted by molar-refractivity contribution is 0.112. The van der Waals surface area contributed by atoms with E-state index in [2.05, 4.69) is 37.0 Å². The molecule has 0 saturated heterocycles. The SMILES string of the molecule is Cc1ccc(N(C)c2ccc(C=O)cn2)c(C)c1. The molecular formula is C15H16N2O. The molecule has 0 radical (unpaired) electrons. The van der Waals surface area contributed by atoms with Crippen molar-refractivity contribution < 1.29 is 4.79 Å². The molecule has 3 nitrogen and oxygen atoms in total. The Bertz CT molecular complexity index is 561. The Morgan fingerprint density at radius 1 is 1.17 bits per heavy atom. The normalized spacial score (nSPS) is 10.2. The van der Waals surface area contributed by atoms with Gasteiger partial charge in [-0.15, -0.1) is 0 Å². The molecule has 0 bridgehead atoms. The molecule has 1 heterocycles. The van der Waals surface area contributed by atoms with Gasteiger partial charge in [-0.2, -0.15) is 0 Å². The third-order valence-electron chi connectivity index (χ3n) is 2.96. The predicted octanol–water partition coefficient (Wildman–Crippen LogP) is 3.28. The molecule has 2 aromatic rings. The zero-order valence-corrected chi connectivity index (χ0v) is 10.8. The van der Waals surface area contributed by atoms with E-state index >= 15 is 0 Å². The third-order valence-corrected chi connectivity index (χ3v) is 2.96. The highest BCUT2D eigenvalue weighted by molar-refractivity contribution is 5.75. The second kappa shape index (κ2) is 5.00. The van der Waals surface area contributed by atoms with Crippen LogP contribution in [0.25, 0.3) is 0 Å². The summed E-state index contributed by atoms with van der Waals surface area (Å²) in [7, 11) is 1.97. The molecule has 0 aliphatic heterocycles. The van der Waals surface area contributed by atoms with Gasteiger partial charge in [-0.1, -0.05) is 17.7 Å². The second-order valence-electron chi connectivity index (χ2n) is 4.42. The van der Waals surface area contributed by atoms with E-state index in [-0.39, 0.29) is 0 Å². The molecule has 0 unspecified atom stereocenters. The van der Waals surface area contributed by atoms with E-state index in [0.29, 0.717) is 5.56 Å². The van der Waals surface area contributed by atoms with E-state index in [4.69, 9.17) is 0 Å². The third kappa shape index (κ3) is 2.40. The highest BCUT2D eigenvalue weighted by atomic mass is 16.1. The fraction of sp³-hybridized carbons (Fsp3) is 0.200. The Balaban J connectivity index is 2.34. The van der Waals surface area contributed by atoms with Gasteiger partial charge in [0.05, 0.1) is 0 Å². The van der Waals surface area contributed by atoms with E-state index < -0.39 is 0 Å². The topological polar surface area (TPSA) is 33.2 Å². The molecule has 18 heavy (non-hydrogen) atoms. The van der Waals surface area contributed by atoms with Gasteiger partial charge in [-0.3, -0.25) is 4.79 Å². The number of anilines is 2. The fourth-order valence-electron chi connectivity index (χ4n) is 1.97. The van der Waals surface area contributed by atoms with Gasteiger partial charge in [0, 0.05) is 24.5 Å². The molecule has 0 spiro atoms. The van der Waals surface area contributed by atoms with Gasteiger partial charge in [-0.25, -0.2) is 4.98 Å². The Labute approximate surface area is 107 Å². The van der Waals surface area contributed by atoms with Gasteiger partial charge in [0.15, 0.2) is 6.29 Å². The number of rotatable bonds is 3. The van der Waals surface area contributed by atoms with Crippen molar-refractivity contribution in [3.63, 3.8) is 0 Å². The van der Waals surface area contributed by atoms with Gasteiger partial charge in [0.2, 0.25) is 0 Å². The summed E-state index contributed by atoms with van der Waals surface area (Å²) >= 11 is 0. The smallest absolute Gasteiger partial charge is 0.151 e. The van der Waals surface area contributed by atoms with Crippen LogP contribution in [0.1, 0.15) is 21.5 Å². The zero-order chi connectivity index (χ0) is 13.1. The first-order valence-electron chi connectivity index (χ1n) is 5.84. The van der Waals surface area contributed by atoms with E-state index in [9.17, 15) is 4.79 Å². The van der Waals surface area contributed by atoms with Crippen LogP contribution in [-0.2, 0) is 0 Å². The summed E-state index contributed by atoms with van der Waals surface area (Å²) in [4.78, 5) is 16.9. The molecular weight excluding hydrogens is 224 g/mol. The number of nitrogens with zero attached hydrogens (tertiary/aromatic N) is 2. The highest BCUT2D eigenvalue weighted by Crippen LogP contribution is 2.25. The number of pyridine rings is 1. The number of aromatic nitrogens is 1. The molecule has 0 N–H and O–H groups in total. The Morgan fingerprint density at radius 3 is 2.50 bits per heavy atom. The van der Waals surface area contributed by atoms with Crippen LogP contribution < -0.4 is 4.90 Å². The largest absolute Gasteiger partial charge is 0.329 e. The molecule has 0 fully saturated rings. The van der Waals surface area contributed by atoms with Gasteiger partial charge in [0.25, 0.3) is 0 Å². The van der Waals surface area contributed by atoms with Gasteiger partial charge in [-0.05, 0) is 37.6 Å². The molecule has 0 aliphatic carbocycles. The van der Waals surface area contributed by atoms with Crippen LogP contribution in [0, 0.1) is 13.8 Å². The minimum absolute atomic E-state index is 0.591.